The van der Waals surface area contributed by atoms with Crippen molar-refractivity contribution in [3.8, 4) is 67.5 Å². The molecule has 2 heterocycles. The van der Waals surface area contributed by atoms with Gasteiger partial charge in [-0.25, -0.2) is 4.98 Å². The fraction of sp³-hybridized carbons (Fsp3) is 0.236. The first-order valence-electron chi connectivity index (χ1n) is 24.0. The fourth-order valence-corrected chi connectivity index (χ4v) is 7.51. The van der Waals surface area contributed by atoms with E-state index >= 15 is 0 Å². The maximum Gasteiger partial charge on any atom is 0.148 e. The summed E-state index contributed by atoms with van der Waals surface area (Å²) in [5, 5.41) is 12.4. The first-order valence-corrected chi connectivity index (χ1v) is 20.0. The molecule has 0 bridgehead atoms. The van der Waals surface area contributed by atoms with Crippen molar-refractivity contribution in [2.24, 2.45) is 0 Å². The Balaban J connectivity index is 0.00000684. The molecule has 0 radical (unpaired) electrons. The van der Waals surface area contributed by atoms with Gasteiger partial charge >= 0.3 is 0 Å². The Bertz CT molecular complexity index is 3220. The topological polar surface area (TPSA) is 50.9 Å². The number of benzene rings is 6. The minimum absolute atomic E-state index is 0. The fourth-order valence-electron chi connectivity index (χ4n) is 7.51. The van der Waals surface area contributed by atoms with E-state index in [9.17, 15) is 5.11 Å². The number of hydrogen-bond acceptors (Lipinski definition) is 3. The van der Waals surface area contributed by atoms with E-state index < -0.39 is 30.4 Å². The van der Waals surface area contributed by atoms with Crippen LogP contribution in [0.1, 0.15) is 95.5 Å². The number of imidazole rings is 1. The van der Waals surface area contributed by atoms with Crippen molar-refractivity contribution < 1.29 is 37.1 Å². The van der Waals surface area contributed by atoms with E-state index in [1.807, 2.05) is 77.4 Å². The molecule has 0 fully saturated rings. The average molecular weight is 976 g/mol. The first kappa shape index (κ1) is 33.2. The number of fused-ring (bicyclic) bond motifs is 1. The third-order valence-corrected chi connectivity index (χ3v) is 10.9. The molecule has 0 aliphatic carbocycles. The molecule has 0 saturated heterocycles. The number of hydrogen-bond donors (Lipinski definition) is 1. The van der Waals surface area contributed by atoms with Crippen molar-refractivity contribution in [1.29, 1.82) is 0 Å². The minimum Gasteiger partial charge on any atom is -0.507 e. The monoisotopic (exact) mass is 975 g/mol. The zero-order valence-electron chi connectivity index (χ0n) is 43.5. The molecule has 0 atom stereocenters. The van der Waals surface area contributed by atoms with Crippen molar-refractivity contribution in [2.75, 3.05) is 0 Å². The van der Waals surface area contributed by atoms with Crippen molar-refractivity contribution >= 4 is 11.0 Å². The van der Waals surface area contributed by atoms with E-state index in [-0.39, 0.29) is 60.9 Å². The van der Waals surface area contributed by atoms with Gasteiger partial charge in [-0.05, 0) is 86.8 Å². The molecule has 6 aromatic carbocycles. The summed E-state index contributed by atoms with van der Waals surface area (Å²) < 4.78 is 70.7. The number of phenols is 1. The number of pyridine rings is 1. The van der Waals surface area contributed by atoms with Gasteiger partial charge in [0, 0.05) is 42.6 Å². The number of para-hydroxylation sites is 1. The van der Waals surface area contributed by atoms with Crippen LogP contribution >= 0.6 is 0 Å². The minimum atomic E-state index is -2.54. The van der Waals surface area contributed by atoms with Crippen LogP contribution in [0.15, 0.2) is 140 Å². The Morgan fingerprint density at radius 2 is 1.32 bits per heavy atom. The van der Waals surface area contributed by atoms with E-state index in [0.29, 0.717) is 56.1 Å². The molecule has 0 aliphatic rings. The summed E-state index contributed by atoms with van der Waals surface area (Å²) in [6.07, 6.45) is 1.56. The SMILES string of the molecule is [2H]c1c([2H])c([2H])c(-c2ccnc(-c3[c-]c(-c4cccc5c4nc(-c4cc(C(C)(C)C)cc(C(C)(C)C)c4O)n5-c4ccc(-c5ccccc5)cc4C([2H])([2H])[2H])cc(C(C)(C)C)c3)c2)c([2H])c1[2H].[Pt]. The molecule has 8 rings (SSSR count). The van der Waals surface area contributed by atoms with Crippen molar-refractivity contribution in [1.82, 2.24) is 14.5 Å². The Morgan fingerprint density at radius 1 is 0.633 bits per heavy atom. The third kappa shape index (κ3) is 8.28. The predicted octanol–water partition coefficient (Wildman–Crippen LogP) is 14.5. The quantitative estimate of drug-likeness (QED) is 0.169. The van der Waals surface area contributed by atoms with Crippen LogP contribution in [0.25, 0.3) is 72.7 Å². The van der Waals surface area contributed by atoms with Crippen LogP contribution < -0.4 is 0 Å². The number of nitrogens with zero attached hydrogens (tertiary/aromatic N) is 3. The normalized spacial score (nSPS) is 14.2. The van der Waals surface area contributed by atoms with Gasteiger partial charge in [-0.2, -0.15) is 0 Å². The van der Waals surface area contributed by atoms with Crippen LogP contribution in [0.4, 0.5) is 0 Å². The predicted molar refractivity (Wildman–Crippen MR) is 247 cm³/mol. The zero-order valence-corrected chi connectivity index (χ0v) is 37.8. The van der Waals surface area contributed by atoms with Gasteiger partial charge in [0.25, 0.3) is 0 Å². The van der Waals surface area contributed by atoms with E-state index in [1.165, 1.54) is 0 Å². The maximum absolute atomic E-state index is 12.4. The number of aromatic nitrogens is 3. The molecule has 0 amide bonds. The van der Waals surface area contributed by atoms with E-state index in [0.717, 1.165) is 27.8 Å². The van der Waals surface area contributed by atoms with Crippen molar-refractivity contribution in [3.05, 3.63) is 168 Å². The van der Waals surface area contributed by atoms with Crippen molar-refractivity contribution in [2.45, 2.75) is 85.4 Å². The summed E-state index contributed by atoms with van der Waals surface area (Å²) in [6.45, 7) is 16.3. The Hall–Kier alpha value is -5.57. The Kier molecular flexibility index (Phi) is 8.92. The molecule has 0 saturated carbocycles. The molecule has 5 heteroatoms. The molecule has 0 unspecified atom stereocenters. The molecule has 0 spiro atoms. The number of aromatic hydroxyl groups is 1. The third-order valence-electron chi connectivity index (χ3n) is 10.9. The molecular weight excluding hydrogens is 914 g/mol. The average Bonchev–Trinajstić information content (AvgIpc) is 3.66. The summed E-state index contributed by atoms with van der Waals surface area (Å²) >= 11 is 0. The van der Waals surface area contributed by atoms with Gasteiger partial charge in [-0.3, -0.25) is 9.55 Å². The van der Waals surface area contributed by atoms with Gasteiger partial charge in [0.15, 0.2) is 0 Å². The van der Waals surface area contributed by atoms with Gasteiger partial charge in [0.1, 0.15) is 11.6 Å². The molecule has 1 N–H and O–H groups in total. The van der Waals surface area contributed by atoms with Gasteiger partial charge in [-0.1, -0.05) is 164 Å². The van der Waals surface area contributed by atoms with Gasteiger partial charge in [0.05, 0.1) is 29.1 Å². The summed E-state index contributed by atoms with van der Waals surface area (Å²) in [4.78, 5) is 10.1. The van der Waals surface area contributed by atoms with Gasteiger partial charge < -0.3 is 5.11 Å². The van der Waals surface area contributed by atoms with Crippen LogP contribution in [0, 0.1) is 12.9 Å². The van der Waals surface area contributed by atoms with E-state index in [2.05, 4.69) is 80.5 Å². The smallest absolute Gasteiger partial charge is 0.148 e. The summed E-state index contributed by atoms with van der Waals surface area (Å²) in [5.74, 6) is 0.429. The van der Waals surface area contributed by atoms with Crippen LogP contribution in [-0.2, 0) is 37.3 Å². The zero-order chi connectivity index (χ0) is 48.7. The molecule has 306 valence electrons. The first-order chi connectivity index (χ1) is 31.3. The molecule has 2 aromatic heterocycles. The number of phenolic OH excluding ortho intramolecular Hbond substituents is 1. The van der Waals surface area contributed by atoms with Gasteiger partial charge in [0.2, 0.25) is 0 Å². The molecule has 4 nitrogen and oxygen atoms in total. The maximum atomic E-state index is 12.4. The van der Waals surface area contributed by atoms with Crippen LogP contribution in [-0.4, -0.2) is 19.6 Å². The van der Waals surface area contributed by atoms with Gasteiger partial charge in [-0.15, -0.1) is 29.3 Å². The Morgan fingerprint density at radius 3 is 2.00 bits per heavy atom. The van der Waals surface area contributed by atoms with Crippen LogP contribution in [0.2, 0.25) is 0 Å². The van der Waals surface area contributed by atoms with Crippen molar-refractivity contribution in [3.63, 3.8) is 0 Å². The van der Waals surface area contributed by atoms with Crippen LogP contribution in [0.5, 0.6) is 5.75 Å². The second-order valence-corrected chi connectivity index (χ2v) is 18.3. The summed E-state index contributed by atoms with van der Waals surface area (Å²) in [7, 11) is 0. The second kappa shape index (κ2) is 16.1. The summed E-state index contributed by atoms with van der Waals surface area (Å²) in [5.41, 5.74) is 8.25. The van der Waals surface area contributed by atoms with E-state index in [1.54, 1.807) is 24.4 Å². The number of aryl methyl sites for hydroxylation is 1. The second-order valence-electron chi connectivity index (χ2n) is 18.3. The number of rotatable bonds is 6. The van der Waals surface area contributed by atoms with Crippen LogP contribution in [0.3, 0.4) is 0 Å². The van der Waals surface area contributed by atoms with E-state index in [4.69, 9.17) is 20.9 Å². The molecule has 8 aromatic rings. The largest absolute Gasteiger partial charge is 0.507 e. The standard InChI is InChI=1S/C55H54N3O.Pt/c1-35-28-38(36-18-13-11-14-19-36)24-25-48(35)58-49-23-17-22-44(50(49)57-52(58)45-33-43(54(5,6)7)34-46(51(45)59)55(8,9)10)40-29-41(31-42(30-40)53(2,3)4)47-32-39(26-27-56-47)37-20-15-12-16-21-37;/h11-28,30-34,59H,1-10H3;/q-1;/i1D3,12D,15D,16D,20D,21D;. The summed E-state index contributed by atoms with van der Waals surface area (Å²) in [6, 6.07) is 34.0. The Labute approximate surface area is 381 Å². The molecule has 0 aliphatic heterocycles. The molecule has 60 heavy (non-hydrogen) atoms. The molecular formula is C55H54N3OPt-.